The first kappa shape index (κ1) is 4.82. The van der Waals surface area contributed by atoms with Crippen molar-refractivity contribution < 1.29 is 0 Å². The Kier molecular flexibility index (Phi) is 4.61. The molecule has 0 fully saturated rings. The maximum Gasteiger partial charge on any atom is -0.106 e. The van der Waals surface area contributed by atoms with E-state index in [4.69, 9.17) is 10.0 Å². The second kappa shape index (κ2) is 3.82. The van der Waals surface area contributed by atoms with Crippen molar-refractivity contribution in [2.24, 2.45) is 0 Å². The molecule has 0 heterocycles. The molecule has 24 valence electrons. The van der Waals surface area contributed by atoms with Gasteiger partial charge in [-0.3, -0.25) is 0 Å². The minimum Gasteiger partial charge on any atom is -0.539 e. The third-order valence-corrected chi connectivity index (χ3v) is 1.39. The average molecular weight is 91.5 g/mol. The molecule has 2 radical (unpaired) electrons. The Morgan fingerprint density at radius 1 is 2.00 bits per heavy atom. The zero-order chi connectivity index (χ0) is 3.41. The maximum absolute atomic E-state index is 5.27. The number of hydrogen-bond donors (Lipinski definition) is 0. The summed E-state index contributed by atoms with van der Waals surface area (Å²) in [4.78, 5) is 0. The number of rotatable bonds is 1. The molecule has 4 heavy (non-hydrogen) atoms. The Bertz CT molecular complexity index is 8.00. The van der Waals surface area contributed by atoms with Crippen LogP contribution in [-0.2, 0) is 0 Å². The molecule has 0 aliphatic rings. The predicted molar refractivity (Wildman–Crippen MR) is 22.1 cm³/mol. The van der Waals surface area contributed by atoms with Crippen molar-refractivity contribution in [3.8, 4) is 0 Å². The lowest BCUT2D eigenvalue weighted by molar-refractivity contribution is 1.47. The summed E-state index contributed by atoms with van der Waals surface area (Å²) in [7, 11) is 5.27. The molecule has 0 aromatic rings. The van der Waals surface area contributed by atoms with E-state index < -0.39 is 0 Å². The van der Waals surface area contributed by atoms with E-state index in [1.54, 1.807) is 0 Å². The summed E-state index contributed by atoms with van der Waals surface area (Å²) in [5, 5.41) is 1.17. The molecule has 0 saturated carbocycles. The molecule has 0 spiro atoms. The van der Waals surface area contributed by atoms with E-state index in [2.05, 4.69) is 6.92 Å². The topological polar surface area (TPSA) is 0 Å². The lowest BCUT2D eigenvalue weighted by atomic mass is 11.0. The number of hydrogen-bond acceptors (Lipinski definition) is 0. The fourth-order valence-electron chi connectivity index (χ4n) is 0. The van der Waals surface area contributed by atoms with Gasteiger partial charge in [0.25, 0.3) is 0 Å². The van der Waals surface area contributed by atoms with Crippen LogP contribution in [0.5, 0.6) is 0 Å². The van der Waals surface area contributed by atoms with Crippen LogP contribution in [0.2, 0.25) is 5.28 Å². The van der Waals surface area contributed by atoms with Crippen LogP contribution in [0.1, 0.15) is 6.92 Å². The van der Waals surface area contributed by atoms with Crippen molar-refractivity contribution in [3.05, 3.63) is 0 Å². The first-order chi connectivity index (χ1) is 1.91. The second-order valence-corrected chi connectivity index (χ2v) is 2.61. The summed E-state index contributed by atoms with van der Waals surface area (Å²) < 4.78 is 0. The van der Waals surface area contributed by atoms with Crippen LogP contribution < -0.4 is 0 Å². The van der Waals surface area contributed by atoms with Gasteiger partial charge >= 0.3 is 0 Å². The summed E-state index contributed by atoms with van der Waals surface area (Å²) in [5.74, 6) is 0. The van der Waals surface area contributed by atoms with Gasteiger partial charge in [0.15, 0.2) is 0 Å². The monoisotopic (exact) mass is 91.0 g/mol. The molecule has 0 amide bonds. The minimum absolute atomic E-state index is 0.255. The van der Waals surface area contributed by atoms with E-state index in [1.165, 1.54) is 5.28 Å². The molecule has 2 heteroatoms. The van der Waals surface area contributed by atoms with Crippen LogP contribution in [0, 0.1) is 0 Å². The zero-order valence-electron chi connectivity index (χ0n) is 2.66. The summed E-state index contributed by atoms with van der Waals surface area (Å²) >= 11 is 0.255. The molecule has 0 bridgehead atoms. The number of halogens is 1. The normalized spacial score (nSPS) is 7.50. The Morgan fingerprint density at radius 2 is 2.25 bits per heavy atom. The summed E-state index contributed by atoms with van der Waals surface area (Å²) in [6.45, 7) is 2.09. The standard InChI is InChI=1S/C2H5.Al.ClH/c1-2;;/h1H2,2H3;;1H/p-1. The first-order valence-electron chi connectivity index (χ1n) is 1.33. The third-order valence-electron chi connectivity index (χ3n) is 0.154. The van der Waals surface area contributed by atoms with Gasteiger partial charge in [0.05, 0.1) is 0 Å². The molecule has 0 unspecified atom stereocenters. The Labute approximate surface area is 37.1 Å². The van der Waals surface area contributed by atoms with Gasteiger partial charge in [-0.2, -0.15) is 0 Å². The molecular weight excluding hydrogens is 86.5 g/mol. The predicted octanol–water partition coefficient (Wildman–Crippen LogP) is 1.28. The zero-order valence-corrected chi connectivity index (χ0v) is 4.57. The Balaban J connectivity index is 1.97. The average Bonchev–Trinajstić information content (AvgIpc) is 1.37. The van der Waals surface area contributed by atoms with E-state index in [0.29, 0.717) is 0 Å². The fourth-order valence-corrected chi connectivity index (χ4v) is 0. The van der Waals surface area contributed by atoms with Crippen LogP contribution in [0.15, 0.2) is 0 Å². The van der Waals surface area contributed by atoms with Crippen molar-refractivity contribution in [3.63, 3.8) is 0 Å². The van der Waals surface area contributed by atoms with E-state index in [9.17, 15) is 0 Å². The van der Waals surface area contributed by atoms with Crippen molar-refractivity contribution in [1.29, 1.82) is 0 Å². The van der Waals surface area contributed by atoms with Gasteiger partial charge in [-0.1, -0.05) is 0 Å². The lowest BCUT2D eigenvalue weighted by Crippen LogP contribution is -1.61. The largest absolute Gasteiger partial charge is 0.539 e. The maximum atomic E-state index is 5.27. The molecule has 0 rings (SSSR count). The SMILES string of the molecule is C[CH2][Al-][Cl]. The Hall–Kier alpha value is 0.822. The van der Waals surface area contributed by atoms with Gasteiger partial charge < -0.3 is 10.0 Å². The van der Waals surface area contributed by atoms with E-state index in [-0.39, 0.29) is 14.3 Å². The first-order valence-corrected chi connectivity index (χ1v) is 3.90. The second-order valence-electron chi connectivity index (χ2n) is 0.563. The van der Waals surface area contributed by atoms with Gasteiger partial charge in [0.2, 0.25) is 0 Å². The van der Waals surface area contributed by atoms with Crippen LogP contribution in [-0.4, -0.2) is 14.3 Å². The minimum atomic E-state index is 0.255. The molecule has 0 atom stereocenters. The van der Waals surface area contributed by atoms with Crippen molar-refractivity contribution in [1.82, 2.24) is 0 Å². The molecule has 0 aliphatic carbocycles. The van der Waals surface area contributed by atoms with Crippen LogP contribution >= 0.6 is 10.0 Å². The van der Waals surface area contributed by atoms with Gasteiger partial charge in [-0.05, 0) is 0 Å². The van der Waals surface area contributed by atoms with Crippen LogP contribution in [0.25, 0.3) is 0 Å². The molecule has 0 aromatic heterocycles. The summed E-state index contributed by atoms with van der Waals surface area (Å²) in [6, 6.07) is 0. The van der Waals surface area contributed by atoms with Gasteiger partial charge in [0, 0.05) is 0 Å². The molecule has 0 saturated heterocycles. The fraction of sp³-hybridized carbons (Fsp3) is 1.00. The van der Waals surface area contributed by atoms with Crippen molar-refractivity contribution >= 4 is 24.3 Å². The molecule has 0 aromatic carbocycles. The third kappa shape index (κ3) is 2.82. The highest BCUT2D eigenvalue weighted by Crippen LogP contribution is 1.73. The molecule has 0 N–H and O–H groups in total. The van der Waals surface area contributed by atoms with E-state index in [1.807, 2.05) is 0 Å². The van der Waals surface area contributed by atoms with Crippen LogP contribution in [0.3, 0.4) is 0 Å². The summed E-state index contributed by atoms with van der Waals surface area (Å²) in [6.07, 6.45) is 0. The van der Waals surface area contributed by atoms with Crippen molar-refractivity contribution in [2.45, 2.75) is 12.2 Å². The highest BCUT2D eigenvalue weighted by Gasteiger charge is 1.41. The lowest BCUT2D eigenvalue weighted by Gasteiger charge is -1.85. The highest BCUT2D eigenvalue weighted by atomic mass is 35.6. The van der Waals surface area contributed by atoms with Gasteiger partial charge in [-0.15, -0.1) is 21.2 Å². The van der Waals surface area contributed by atoms with E-state index in [0.717, 1.165) is 0 Å². The highest BCUT2D eigenvalue weighted by molar-refractivity contribution is 6.93. The quantitative estimate of drug-likeness (QED) is 0.427. The Morgan fingerprint density at radius 3 is 2.25 bits per heavy atom. The molecular formula is C2H5AlCl-. The smallest absolute Gasteiger partial charge is 0.106 e. The molecule has 0 aliphatic heterocycles. The van der Waals surface area contributed by atoms with Crippen LogP contribution in [0.4, 0.5) is 0 Å². The summed E-state index contributed by atoms with van der Waals surface area (Å²) in [5.41, 5.74) is 0. The van der Waals surface area contributed by atoms with E-state index >= 15 is 0 Å². The van der Waals surface area contributed by atoms with Gasteiger partial charge in [-0.25, -0.2) is 5.28 Å². The van der Waals surface area contributed by atoms with Gasteiger partial charge in [0.1, 0.15) is 0 Å². The molecule has 0 nitrogen and oxygen atoms in total. The van der Waals surface area contributed by atoms with Crippen molar-refractivity contribution in [2.75, 3.05) is 0 Å².